The standard InChI is InChI=1S/C21H28N4O4S2/c1-5-29-18(27)13-30-19-12-22-20(31-19)24-21(28)25(10-9-14(2)3)17-8-6-7-16(11-17)23-15(4)26/h6-8,11-12,14H,5,9-10,13H2,1-4H3,(H,23,26)(H,22,24,28). The summed E-state index contributed by atoms with van der Waals surface area (Å²) < 4.78 is 5.73. The number of thiazole rings is 1. The Morgan fingerprint density at radius 2 is 2.03 bits per heavy atom. The van der Waals surface area contributed by atoms with E-state index in [9.17, 15) is 14.4 Å². The number of nitrogens with zero attached hydrogens (tertiary/aromatic N) is 2. The number of amides is 3. The van der Waals surface area contributed by atoms with E-state index in [4.69, 9.17) is 4.74 Å². The Labute approximate surface area is 190 Å². The second-order valence-corrected chi connectivity index (χ2v) is 9.38. The first-order chi connectivity index (χ1) is 14.8. The van der Waals surface area contributed by atoms with Gasteiger partial charge in [0.2, 0.25) is 5.91 Å². The number of nitrogens with one attached hydrogen (secondary N) is 2. The van der Waals surface area contributed by atoms with E-state index >= 15 is 0 Å². The molecule has 0 saturated carbocycles. The third-order valence-corrected chi connectivity index (χ3v) is 6.07. The van der Waals surface area contributed by atoms with Crippen LogP contribution >= 0.6 is 23.1 Å². The van der Waals surface area contributed by atoms with Gasteiger partial charge in [0.15, 0.2) is 5.13 Å². The smallest absolute Gasteiger partial charge is 0.328 e. The third-order valence-electron chi connectivity index (χ3n) is 3.99. The molecule has 0 aliphatic rings. The highest BCUT2D eigenvalue weighted by molar-refractivity contribution is 8.01. The molecule has 2 N–H and O–H groups in total. The highest BCUT2D eigenvalue weighted by Crippen LogP contribution is 2.29. The minimum absolute atomic E-state index is 0.175. The number of hydrogen-bond donors (Lipinski definition) is 2. The average Bonchev–Trinajstić information content (AvgIpc) is 3.13. The average molecular weight is 465 g/mol. The first-order valence-corrected chi connectivity index (χ1v) is 11.8. The quantitative estimate of drug-likeness (QED) is 0.385. The highest BCUT2D eigenvalue weighted by Gasteiger charge is 2.18. The summed E-state index contributed by atoms with van der Waals surface area (Å²) in [5.74, 6) is 0.149. The number of thioether (sulfide) groups is 1. The molecule has 168 valence electrons. The molecular weight excluding hydrogens is 436 g/mol. The van der Waals surface area contributed by atoms with E-state index in [1.165, 1.54) is 30.0 Å². The summed E-state index contributed by atoms with van der Waals surface area (Å²) in [5, 5.41) is 6.02. The number of carbonyl (C=O) groups is 3. The van der Waals surface area contributed by atoms with Crippen molar-refractivity contribution in [2.45, 2.75) is 38.3 Å². The van der Waals surface area contributed by atoms with Gasteiger partial charge in [0.25, 0.3) is 0 Å². The fraction of sp³-hybridized carbons (Fsp3) is 0.429. The van der Waals surface area contributed by atoms with Gasteiger partial charge >= 0.3 is 12.0 Å². The molecule has 2 rings (SSSR count). The Balaban J connectivity index is 2.10. The molecule has 3 amide bonds. The number of carbonyl (C=O) groups excluding carboxylic acids is 3. The minimum atomic E-state index is -0.308. The molecule has 0 saturated heterocycles. The molecule has 0 spiro atoms. The first-order valence-electron chi connectivity index (χ1n) is 9.99. The van der Waals surface area contributed by atoms with E-state index in [0.29, 0.717) is 35.6 Å². The second-order valence-electron chi connectivity index (χ2n) is 7.07. The minimum Gasteiger partial charge on any atom is -0.465 e. The first kappa shape index (κ1) is 24.7. The molecular formula is C21H28N4O4S2. The summed E-state index contributed by atoms with van der Waals surface area (Å²) in [4.78, 5) is 41.8. The zero-order chi connectivity index (χ0) is 22.8. The van der Waals surface area contributed by atoms with Gasteiger partial charge in [-0.15, -0.1) is 11.8 Å². The Morgan fingerprint density at radius 1 is 1.26 bits per heavy atom. The van der Waals surface area contributed by atoms with Crippen molar-refractivity contribution in [3.8, 4) is 0 Å². The monoisotopic (exact) mass is 464 g/mol. The molecule has 0 fully saturated rings. The van der Waals surface area contributed by atoms with Crippen molar-refractivity contribution in [3.63, 3.8) is 0 Å². The van der Waals surface area contributed by atoms with Gasteiger partial charge in [-0.05, 0) is 37.5 Å². The largest absolute Gasteiger partial charge is 0.465 e. The van der Waals surface area contributed by atoms with Crippen LogP contribution in [0.4, 0.5) is 21.3 Å². The number of rotatable bonds is 10. The second kappa shape index (κ2) is 12.3. The predicted octanol–water partition coefficient (Wildman–Crippen LogP) is 4.84. The molecule has 2 aromatic rings. The van der Waals surface area contributed by atoms with Crippen LogP contribution < -0.4 is 15.5 Å². The number of urea groups is 1. The Hall–Kier alpha value is -2.59. The molecule has 8 nitrogen and oxygen atoms in total. The summed E-state index contributed by atoms with van der Waals surface area (Å²) in [7, 11) is 0. The van der Waals surface area contributed by atoms with Gasteiger partial charge in [-0.25, -0.2) is 9.78 Å². The number of benzene rings is 1. The Bertz CT molecular complexity index is 901. The van der Waals surface area contributed by atoms with Crippen molar-refractivity contribution in [1.29, 1.82) is 0 Å². The molecule has 1 aromatic carbocycles. The summed E-state index contributed by atoms with van der Waals surface area (Å²) in [6.07, 6.45) is 2.44. The van der Waals surface area contributed by atoms with Gasteiger partial charge in [0.1, 0.15) is 0 Å². The van der Waals surface area contributed by atoms with Gasteiger partial charge in [0.05, 0.1) is 22.8 Å². The lowest BCUT2D eigenvalue weighted by Gasteiger charge is -2.24. The van der Waals surface area contributed by atoms with Crippen molar-refractivity contribution in [3.05, 3.63) is 30.5 Å². The van der Waals surface area contributed by atoms with Gasteiger partial charge in [-0.2, -0.15) is 0 Å². The van der Waals surface area contributed by atoms with E-state index in [1.807, 2.05) is 6.07 Å². The molecule has 0 atom stereocenters. The normalized spacial score (nSPS) is 10.6. The number of esters is 1. The van der Waals surface area contributed by atoms with E-state index < -0.39 is 0 Å². The maximum atomic E-state index is 13.0. The molecule has 10 heteroatoms. The zero-order valence-electron chi connectivity index (χ0n) is 18.1. The van der Waals surface area contributed by atoms with Crippen molar-refractivity contribution >= 4 is 57.5 Å². The predicted molar refractivity (Wildman–Crippen MR) is 126 cm³/mol. The van der Waals surface area contributed by atoms with E-state index in [1.54, 1.807) is 36.2 Å². The van der Waals surface area contributed by atoms with Crippen molar-refractivity contribution in [2.24, 2.45) is 5.92 Å². The summed E-state index contributed by atoms with van der Waals surface area (Å²) in [5.41, 5.74) is 1.30. The lowest BCUT2D eigenvalue weighted by molar-refractivity contribution is -0.139. The lowest BCUT2D eigenvalue weighted by atomic mass is 10.1. The topological polar surface area (TPSA) is 101 Å². The van der Waals surface area contributed by atoms with Gasteiger partial charge < -0.3 is 10.1 Å². The molecule has 0 aliphatic heterocycles. The van der Waals surface area contributed by atoms with Gasteiger partial charge in [-0.1, -0.05) is 31.3 Å². The SMILES string of the molecule is CCOC(=O)CSc1cnc(NC(=O)N(CCC(C)C)c2cccc(NC(C)=O)c2)s1. The summed E-state index contributed by atoms with van der Waals surface area (Å²) >= 11 is 2.62. The van der Waals surface area contributed by atoms with Gasteiger partial charge in [-0.3, -0.25) is 19.8 Å². The van der Waals surface area contributed by atoms with Crippen LogP contribution in [0.5, 0.6) is 0 Å². The third kappa shape index (κ3) is 8.58. The number of ether oxygens (including phenoxy) is 1. The van der Waals surface area contributed by atoms with Crippen LogP contribution in [0, 0.1) is 5.92 Å². The van der Waals surface area contributed by atoms with E-state index in [0.717, 1.165) is 10.6 Å². The molecule has 31 heavy (non-hydrogen) atoms. The highest BCUT2D eigenvalue weighted by atomic mass is 32.2. The van der Waals surface area contributed by atoms with Crippen LogP contribution in [0.3, 0.4) is 0 Å². The van der Waals surface area contributed by atoms with Crippen molar-refractivity contribution < 1.29 is 19.1 Å². The number of hydrogen-bond acceptors (Lipinski definition) is 7. The van der Waals surface area contributed by atoms with Crippen molar-refractivity contribution in [1.82, 2.24) is 4.98 Å². The molecule has 0 bridgehead atoms. The Morgan fingerprint density at radius 3 is 2.71 bits per heavy atom. The van der Waals surface area contributed by atoms with Crippen LogP contribution in [-0.2, 0) is 14.3 Å². The van der Waals surface area contributed by atoms with Gasteiger partial charge in [0, 0.05) is 24.8 Å². The van der Waals surface area contributed by atoms with Crippen LogP contribution in [0.15, 0.2) is 34.7 Å². The lowest BCUT2D eigenvalue weighted by Crippen LogP contribution is -2.36. The maximum absolute atomic E-state index is 13.0. The number of anilines is 3. The van der Waals surface area contributed by atoms with Crippen LogP contribution in [0.25, 0.3) is 0 Å². The van der Waals surface area contributed by atoms with Crippen LogP contribution in [0.1, 0.15) is 34.1 Å². The summed E-state index contributed by atoms with van der Waals surface area (Å²) in [6, 6.07) is 6.86. The molecule has 0 radical (unpaired) electrons. The summed E-state index contributed by atoms with van der Waals surface area (Å²) in [6.45, 7) is 8.26. The fourth-order valence-corrected chi connectivity index (χ4v) is 4.23. The molecule has 1 aromatic heterocycles. The number of aromatic nitrogens is 1. The molecule has 1 heterocycles. The molecule has 0 unspecified atom stereocenters. The van der Waals surface area contributed by atoms with E-state index in [2.05, 4.69) is 29.5 Å². The zero-order valence-corrected chi connectivity index (χ0v) is 19.8. The Kier molecular flexibility index (Phi) is 9.80. The fourth-order valence-electron chi connectivity index (χ4n) is 2.57. The van der Waals surface area contributed by atoms with Crippen LogP contribution in [0.2, 0.25) is 0 Å². The van der Waals surface area contributed by atoms with Crippen LogP contribution in [-0.4, -0.2) is 41.8 Å². The van der Waals surface area contributed by atoms with Crippen molar-refractivity contribution in [2.75, 3.05) is 34.4 Å². The molecule has 0 aliphatic carbocycles. The van der Waals surface area contributed by atoms with E-state index in [-0.39, 0.29) is 23.7 Å². The maximum Gasteiger partial charge on any atom is 0.328 e.